The van der Waals surface area contributed by atoms with Crippen LogP contribution in [0.3, 0.4) is 0 Å². The van der Waals surface area contributed by atoms with Crippen molar-refractivity contribution in [3.8, 4) is 11.4 Å². The van der Waals surface area contributed by atoms with Crippen LogP contribution in [0.2, 0.25) is 0 Å². The third-order valence-corrected chi connectivity index (χ3v) is 4.68. The van der Waals surface area contributed by atoms with E-state index in [0.717, 1.165) is 0 Å². The summed E-state index contributed by atoms with van der Waals surface area (Å²) in [5.74, 6) is 0.231. The molecule has 3 aromatic heterocycles. The highest BCUT2D eigenvalue weighted by atomic mass is 19.1. The molecule has 0 saturated heterocycles. The lowest BCUT2D eigenvalue weighted by atomic mass is 10.2. The molecule has 0 aliphatic rings. The number of aromatic nitrogens is 6. The quantitative estimate of drug-likeness (QED) is 0.414. The Morgan fingerprint density at radius 2 is 1.97 bits per heavy atom. The van der Waals surface area contributed by atoms with Crippen molar-refractivity contribution in [2.24, 2.45) is 7.05 Å². The molecule has 11 nitrogen and oxygen atoms in total. The van der Waals surface area contributed by atoms with E-state index in [0.29, 0.717) is 11.4 Å². The Kier molecular flexibility index (Phi) is 5.19. The van der Waals surface area contributed by atoms with E-state index in [1.807, 2.05) is 0 Å². The summed E-state index contributed by atoms with van der Waals surface area (Å²) in [5.41, 5.74) is -0.157. The number of hydrogen-bond acceptors (Lipinski definition) is 7. The third-order valence-electron chi connectivity index (χ3n) is 4.68. The summed E-state index contributed by atoms with van der Waals surface area (Å²) in [7, 11) is 1.49. The van der Waals surface area contributed by atoms with Gasteiger partial charge in [-0.2, -0.15) is 4.98 Å². The van der Waals surface area contributed by atoms with Gasteiger partial charge in [0.05, 0.1) is 0 Å². The minimum absolute atomic E-state index is 0.0783. The highest BCUT2D eigenvalue weighted by Crippen LogP contribution is 2.19. The number of amides is 1. The summed E-state index contributed by atoms with van der Waals surface area (Å²) < 4.78 is 19.5. The lowest BCUT2D eigenvalue weighted by Crippen LogP contribution is -2.28. The van der Waals surface area contributed by atoms with E-state index in [2.05, 4.69) is 30.4 Å². The second-order valence-electron chi connectivity index (χ2n) is 6.95. The molecule has 160 valence electrons. The molecular weight excluding hydrogens is 409 g/mol. The molecule has 3 N–H and O–H groups in total. The first-order valence-corrected chi connectivity index (χ1v) is 9.38. The van der Waals surface area contributed by atoms with Crippen molar-refractivity contribution in [2.75, 3.05) is 0 Å². The Hall–Kier alpha value is -4.09. The number of nitrogens with zero attached hydrogens (tertiary/aromatic N) is 4. The first-order chi connectivity index (χ1) is 14.8. The first kappa shape index (κ1) is 20.2. The SMILES string of the molecule is CC(NC(=O)CCc1nc2c([nH]1)c(=O)[nH]c(=O)n2C)c1nc(-c2ccc(F)cc2)no1. The van der Waals surface area contributed by atoms with Gasteiger partial charge in [-0.1, -0.05) is 5.16 Å². The normalized spacial score (nSPS) is 12.2. The van der Waals surface area contributed by atoms with E-state index >= 15 is 0 Å². The Labute approximate surface area is 173 Å². The molecule has 1 aromatic carbocycles. The molecule has 0 aliphatic heterocycles. The summed E-state index contributed by atoms with van der Waals surface area (Å²) in [5, 5.41) is 6.60. The van der Waals surface area contributed by atoms with Crippen molar-refractivity contribution in [3.05, 3.63) is 62.6 Å². The summed E-state index contributed by atoms with van der Waals surface area (Å²) in [6.07, 6.45) is 0.306. The van der Waals surface area contributed by atoms with Crippen LogP contribution in [0.1, 0.15) is 31.1 Å². The topological polar surface area (TPSA) is 152 Å². The molecule has 4 aromatic rings. The van der Waals surface area contributed by atoms with Crippen molar-refractivity contribution < 1.29 is 13.7 Å². The molecule has 31 heavy (non-hydrogen) atoms. The van der Waals surface area contributed by atoms with E-state index in [9.17, 15) is 18.8 Å². The van der Waals surface area contributed by atoms with Gasteiger partial charge in [0.1, 0.15) is 23.2 Å². The highest BCUT2D eigenvalue weighted by Gasteiger charge is 2.18. The number of imidazole rings is 1. The van der Waals surface area contributed by atoms with Crippen LogP contribution < -0.4 is 16.6 Å². The van der Waals surface area contributed by atoms with Gasteiger partial charge >= 0.3 is 5.69 Å². The predicted octanol–water partition coefficient (Wildman–Crippen LogP) is 0.949. The second-order valence-corrected chi connectivity index (χ2v) is 6.95. The highest BCUT2D eigenvalue weighted by molar-refractivity contribution is 5.76. The summed E-state index contributed by atoms with van der Waals surface area (Å²) in [6.45, 7) is 1.69. The Morgan fingerprint density at radius 1 is 1.23 bits per heavy atom. The number of hydrogen-bond donors (Lipinski definition) is 3. The number of carbonyl (C=O) groups excluding carboxylic acids is 1. The number of benzene rings is 1. The monoisotopic (exact) mass is 427 g/mol. The fourth-order valence-electron chi connectivity index (χ4n) is 3.01. The zero-order valence-electron chi connectivity index (χ0n) is 16.6. The molecule has 0 spiro atoms. The summed E-state index contributed by atoms with van der Waals surface area (Å²) >= 11 is 0. The number of rotatable bonds is 6. The molecule has 0 aliphatic carbocycles. The number of H-pyrrole nitrogens is 2. The van der Waals surface area contributed by atoms with Crippen LogP contribution in [0.15, 0.2) is 38.4 Å². The minimum atomic E-state index is -0.568. The maximum absolute atomic E-state index is 13.0. The zero-order valence-corrected chi connectivity index (χ0v) is 16.6. The number of nitrogens with one attached hydrogen (secondary N) is 3. The lowest BCUT2D eigenvalue weighted by Gasteiger charge is -2.08. The van der Waals surface area contributed by atoms with Crippen LogP contribution in [0, 0.1) is 5.82 Å². The number of fused-ring (bicyclic) bond motifs is 1. The molecule has 1 atom stereocenters. The van der Waals surface area contributed by atoms with Crippen molar-refractivity contribution in [2.45, 2.75) is 25.8 Å². The van der Waals surface area contributed by atoms with Gasteiger partial charge in [-0.15, -0.1) is 0 Å². The zero-order chi connectivity index (χ0) is 22.1. The number of halogens is 1. The van der Waals surface area contributed by atoms with Crippen molar-refractivity contribution >= 4 is 17.1 Å². The maximum Gasteiger partial charge on any atom is 0.329 e. The molecule has 1 unspecified atom stereocenters. The van der Waals surface area contributed by atoms with Gasteiger partial charge in [-0.25, -0.2) is 14.2 Å². The minimum Gasteiger partial charge on any atom is -0.345 e. The van der Waals surface area contributed by atoms with Crippen LogP contribution in [-0.2, 0) is 18.3 Å². The fraction of sp³-hybridized carbons (Fsp3) is 0.263. The van der Waals surface area contributed by atoms with Crippen molar-refractivity contribution in [1.29, 1.82) is 0 Å². The first-order valence-electron chi connectivity index (χ1n) is 9.38. The number of aromatic amines is 2. The average molecular weight is 427 g/mol. The van der Waals surface area contributed by atoms with E-state index in [4.69, 9.17) is 4.52 Å². The molecule has 0 fully saturated rings. The van der Waals surface area contributed by atoms with Crippen molar-refractivity contribution in [1.82, 2.24) is 35.0 Å². The van der Waals surface area contributed by atoms with E-state index in [-0.39, 0.29) is 47.4 Å². The standard InChI is InChI=1S/C19H18FN7O4/c1-9(18-24-15(26-31-18)10-3-5-11(20)6-4-10)21-13(28)8-7-12-22-14-16(23-12)27(2)19(30)25-17(14)29/h3-6,9H,7-8H2,1-2H3,(H,21,28)(H,22,23)(H,25,29,30). The summed E-state index contributed by atoms with van der Waals surface area (Å²) in [4.78, 5) is 49.3. The van der Waals surface area contributed by atoms with Crippen molar-refractivity contribution in [3.63, 3.8) is 0 Å². The van der Waals surface area contributed by atoms with Crippen LogP contribution in [-0.4, -0.2) is 35.6 Å². The van der Waals surface area contributed by atoms with Gasteiger partial charge in [0.25, 0.3) is 5.56 Å². The largest absolute Gasteiger partial charge is 0.345 e. The van der Waals surface area contributed by atoms with Gasteiger partial charge in [0, 0.05) is 25.5 Å². The van der Waals surface area contributed by atoms with Gasteiger partial charge in [-0.3, -0.25) is 19.1 Å². The molecule has 4 rings (SSSR count). The fourth-order valence-corrected chi connectivity index (χ4v) is 3.01. The van der Waals surface area contributed by atoms with E-state index in [1.165, 1.54) is 35.9 Å². The van der Waals surface area contributed by atoms with Gasteiger partial charge in [0.2, 0.25) is 17.6 Å². The molecule has 0 saturated carbocycles. The molecule has 3 heterocycles. The van der Waals surface area contributed by atoms with Crippen LogP contribution in [0.25, 0.3) is 22.6 Å². The van der Waals surface area contributed by atoms with Gasteiger partial charge in [0.15, 0.2) is 5.65 Å². The Bertz CT molecular complexity index is 1370. The van der Waals surface area contributed by atoms with Crippen LogP contribution >= 0.6 is 0 Å². The molecule has 0 radical (unpaired) electrons. The maximum atomic E-state index is 13.0. The number of carbonyl (C=O) groups is 1. The van der Waals surface area contributed by atoms with Gasteiger partial charge in [-0.05, 0) is 31.2 Å². The number of aryl methyl sites for hydroxylation is 2. The molecular formula is C19H18FN7O4. The second kappa shape index (κ2) is 7.97. The average Bonchev–Trinajstić information content (AvgIpc) is 3.39. The predicted molar refractivity (Wildman–Crippen MR) is 107 cm³/mol. The third kappa shape index (κ3) is 4.13. The van der Waals surface area contributed by atoms with Crippen LogP contribution in [0.4, 0.5) is 4.39 Å². The Morgan fingerprint density at radius 3 is 2.71 bits per heavy atom. The van der Waals surface area contributed by atoms with E-state index in [1.54, 1.807) is 6.92 Å². The molecule has 1 amide bonds. The van der Waals surface area contributed by atoms with Gasteiger partial charge < -0.3 is 14.8 Å². The smallest absolute Gasteiger partial charge is 0.329 e. The lowest BCUT2D eigenvalue weighted by molar-refractivity contribution is -0.121. The van der Waals surface area contributed by atoms with Crippen LogP contribution in [0.5, 0.6) is 0 Å². The molecule has 0 bridgehead atoms. The Balaban J connectivity index is 1.39. The molecule has 12 heteroatoms. The summed E-state index contributed by atoms with van der Waals surface area (Å²) in [6, 6.07) is 5.09. The van der Waals surface area contributed by atoms with E-state index < -0.39 is 17.3 Å².